The summed E-state index contributed by atoms with van der Waals surface area (Å²) in [7, 11) is 10.4. The Morgan fingerprint density at radius 1 is 0.889 bits per heavy atom. The molecular formula is C3H3Cl2O3Os. The van der Waals surface area contributed by atoms with Crippen LogP contribution in [0.25, 0.3) is 0 Å². The molecule has 55 valence electrons. The van der Waals surface area contributed by atoms with Gasteiger partial charge in [0.2, 0.25) is 0 Å². The van der Waals surface area contributed by atoms with E-state index in [2.05, 4.69) is 0 Å². The van der Waals surface area contributed by atoms with Gasteiger partial charge >= 0.3 is 60.0 Å². The molecule has 6 heteroatoms. The van der Waals surface area contributed by atoms with Crippen molar-refractivity contribution < 1.29 is 26.2 Å². The van der Waals surface area contributed by atoms with Crippen LogP contribution in [0.15, 0.2) is 0 Å². The zero-order valence-corrected chi connectivity index (χ0v) is 8.12. The average Bonchev–Trinajstić information content (AvgIpc) is 1.90. The molecule has 0 amide bonds. The second-order valence-electron chi connectivity index (χ2n) is 1.12. The maximum absolute atomic E-state index is 9.97. The van der Waals surface area contributed by atoms with Gasteiger partial charge in [0.05, 0.1) is 0 Å². The minimum absolute atomic E-state index is 0.0614. The molecule has 0 spiro atoms. The molecule has 0 heterocycles. The second-order valence-corrected chi connectivity index (χ2v) is 20.0. The molecule has 0 bridgehead atoms. The fourth-order valence-electron chi connectivity index (χ4n) is 0.0589. The van der Waals surface area contributed by atoms with Gasteiger partial charge in [0.1, 0.15) is 0 Å². The summed E-state index contributed by atoms with van der Waals surface area (Å²) in [5.41, 5.74) is 0. The number of halogens is 2. The molecule has 0 fully saturated rings. The molecule has 0 unspecified atom stereocenters. The van der Waals surface area contributed by atoms with Gasteiger partial charge in [-0.25, -0.2) is 0 Å². The average molecular weight is 348 g/mol. The van der Waals surface area contributed by atoms with Crippen LogP contribution in [0, 0.1) is 0 Å². The SMILES string of the molecule is O=[CH][Os]([Cl])([Cl])([CH]=O)[CH]=O. The van der Waals surface area contributed by atoms with E-state index in [1.54, 1.807) is 0 Å². The van der Waals surface area contributed by atoms with Gasteiger partial charge in [0, 0.05) is 0 Å². The summed E-state index contributed by atoms with van der Waals surface area (Å²) in [6, 6.07) is 0. The van der Waals surface area contributed by atoms with Crippen molar-refractivity contribution in [2.45, 2.75) is 0 Å². The summed E-state index contributed by atoms with van der Waals surface area (Å²) in [5.74, 6) is 0. The molecule has 0 aromatic heterocycles. The van der Waals surface area contributed by atoms with Gasteiger partial charge in [-0.2, -0.15) is 0 Å². The van der Waals surface area contributed by atoms with Gasteiger partial charge in [0.15, 0.2) is 0 Å². The molecule has 3 nitrogen and oxygen atoms in total. The van der Waals surface area contributed by atoms with E-state index >= 15 is 0 Å². The fraction of sp³-hybridized carbons (Fsp3) is 0. The number of hydrogen-bond donors (Lipinski definition) is 0. The van der Waals surface area contributed by atoms with Crippen LogP contribution in [-0.4, -0.2) is 14.5 Å². The molecular weight excluding hydrogens is 345 g/mol. The summed E-state index contributed by atoms with van der Waals surface area (Å²) >= 11 is -4.91. The van der Waals surface area contributed by atoms with E-state index in [4.69, 9.17) is 19.3 Å². The number of hydrogen-bond acceptors (Lipinski definition) is 3. The Kier molecular flexibility index (Phi) is 2.52. The zero-order chi connectivity index (χ0) is 7.57. The van der Waals surface area contributed by atoms with Gasteiger partial charge in [-0.1, -0.05) is 0 Å². The van der Waals surface area contributed by atoms with Gasteiger partial charge in [-0.15, -0.1) is 0 Å². The van der Waals surface area contributed by atoms with Crippen molar-refractivity contribution in [3.63, 3.8) is 0 Å². The van der Waals surface area contributed by atoms with Crippen molar-refractivity contribution >= 4 is 33.8 Å². The van der Waals surface area contributed by atoms with Crippen molar-refractivity contribution in [3.05, 3.63) is 0 Å². The molecule has 0 radical (unpaired) electrons. The maximum atomic E-state index is 9.97. The standard InChI is InChI=1S/3CHO.2ClH.Os/c3*1-2;;;/h3*1H;2*1H;/q;;;;;+2/p-2. The van der Waals surface area contributed by atoms with E-state index in [0.717, 1.165) is 0 Å². The normalized spacial score (nSPS) is 15.1. The van der Waals surface area contributed by atoms with E-state index in [1.807, 2.05) is 0 Å². The summed E-state index contributed by atoms with van der Waals surface area (Å²) in [6.45, 7) is 0. The number of carbonyl (C=O) groups excluding carboxylic acids is 3. The minimum atomic E-state index is -4.91. The Balaban J connectivity index is 4.81. The van der Waals surface area contributed by atoms with Crippen LogP contribution in [0.2, 0.25) is 0 Å². The third-order valence-electron chi connectivity index (χ3n) is 0.478. The van der Waals surface area contributed by atoms with Crippen LogP contribution in [0.5, 0.6) is 0 Å². The fourth-order valence-corrected chi connectivity index (χ4v) is 0.482. The summed E-state index contributed by atoms with van der Waals surface area (Å²) in [4.78, 5) is 30.1. The van der Waals surface area contributed by atoms with Crippen LogP contribution >= 0.6 is 19.3 Å². The second kappa shape index (κ2) is 2.46. The molecule has 0 aromatic rings. The van der Waals surface area contributed by atoms with Crippen molar-refractivity contribution in [1.29, 1.82) is 0 Å². The third-order valence-corrected chi connectivity index (χ3v) is 7.00. The predicted molar refractivity (Wildman–Crippen MR) is 32.0 cm³/mol. The quantitative estimate of drug-likeness (QED) is 0.701. The molecule has 9 heavy (non-hydrogen) atoms. The number of carbonyl (C=O) groups is 3. The first-order valence-corrected chi connectivity index (χ1v) is 12.3. The van der Waals surface area contributed by atoms with Crippen LogP contribution < -0.4 is 0 Å². The Morgan fingerprint density at radius 3 is 1.11 bits per heavy atom. The van der Waals surface area contributed by atoms with E-state index < -0.39 is 11.8 Å². The van der Waals surface area contributed by atoms with Crippen LogP contribution in [0.3, 0.4) is 0 Å². The van der Waals surface area contributed by atoms with E-state index in [9.17, 15) is 14.4 Å². The van der Waals surface area contributed by atoms with Crippen molar-refractivity contribution in [1.82, 2.24) is 0 Å². The van der Waals surface area contributed by atoms with Crippen LogP contribution in [0.4, 0.5) is 0 Å². The first-order chi connectivity index (χ1) is 3.96. The Labute approximate surface area is 60.1 Å². The van der Waals surface area contributed by atoms with Crippen molar-refractivity contribution in [2.24, 2.45) is 0 Å². The van der Waals surface area contributed by atoms with Gasteiger partial charge < -0.3 is 0 Å². The first-order valence-electron chi connectivity index (χ1n) is 1.59. The topological polar surface area (TPSA) is 51.2 Å². The molecule has 0 saturated carbocycles. The molecule has 0 N–H and O–H groups in total. The van der Waals surface area contributed by atoms with E-state index in [1.165, 1.54) is 0 Å². The Bertz CT molecular complexity index is 138. The summed E-state index contributed by atoms with van der Waals surface area (Å²) in [6.07, 6.45) is 0. The summed E-state index contributed by atoms with van der Waals surface area (Å²) < 4.78 is 0. The first kappa shape index (κ1) is 9.23. The molecule has 0 aliphatic heterocycles. The van der Waals surface area contributed by atoms with E-state index in [0.29, 0.717) is 0 Å². The third kappa shape index (κ3) is 2.13. The summed E-state index contributed by atoms with van der Waals surface area (Å²) in [5, 5.41) is 0. The molecule has 0 saturated heterocycles. The molecule has 0 aliphatic carbocycles. The van der Waals surface area contributed by atoms with Crippen molar-refractivity contribution in [2.75, 3.05) is 0 Å². The van der Waals surface area contributed by atoms with Crippen LogP contribution in [-0.2, 0) is 26.2 Å². The van der Waals surface area contributed by atoms with Gasteiger partial charge in [0.25, 0.3) is 0 Å². The predicted octanol–water partition coefficient (Wildman–Crippen LogP) is 0.554. The zero-order valence-electron chi connectivity index (χ0n) is 4.07. The van der Waals surface area contributed by atoms with E-state index in [-0.39, 0.29) is 14.5 Å². The molecule has 0 atom stereocenters. The Hall–Kier alpha value is 0.226. The molecule has 0 rings (SSSR count). The monoisotopic (exact) mass is 349 g/mol. The Morgan fingerprint density at radius 2 is 1.11 bits per heavy atom. The van der Waals surface area contributed by atoms with Crippen molar-refractivity contribution in [3.8, 4) is 0 Å². The number of rotatable bonds is 3. The van der Waals surface area contributed by atoms with Gasteiger partial charge in [-0.05, 0) is 0 Å². The molecule has 0 aliphatic rings. The van der Waals surface area contributed by atoms with Crippen LogP contribution in [0.1, 0.15) is 0 Å². The van der Waals surface area contributed by atoms with Gasteiger partial charge in [-0.3, -0.25) is 0 Å². The molecule has 0 aromatic carbocycles.